The smallest absolute Gasteiger partial charge is 0.364 e. The van der Waals surface area contributed by atoms with E-state index in [2.05, 4.69) is 36.6 Å². The van der Waals surface area contributed by atoms with Crippen LogP contribution in [0, 0.1) is 0 Å². The summed E-state index contributed by atoms with van der Waals surface area (Å²) in [6.45, 7) is 2.16. The van der Waals surface area contributed by atoms with E-state index in [9.17, 15) is 75.7 Å². The van der Waals surface area contributed by atoms with Gasteiger partial charge in [0.15, 0.2) is 12.6 Å². The molecule has 0 aromatic carbocycles. The minimum absolute atomic E-state index is 0.203. The van der Waals surface area contributed by atoms with Gasteiger partial charge in [0.25, 0.3) is 5.79 Å². The third kappa shape index (κ3) is 40.8. The van der Waals surface area contributed by atoms with Gasteiger partial charge in [0.2, 0.25) is 11.8 Å². The number of allylic oxidation sites excluding steroid dienone is 3. The van der Waals surface area contributed by atoms with Crippen molar-refractivity contribution in [1.29, 1.82) is 0 Å². The van der Waals surface area contributed by atoms with Gasteiger partial charge in [0, 0.05) is 19.8 Å². The van der Waals surface area contributed by atoms with Crippen molar-refractivity contribution in [2.24, 2.45) is 0 Å². The third-order valence-corrected chi connectivity index (χ3v) is 21.4. The number of carbonyl (C=O) groups is 3. The van der Waals surface area contributed by atoms with E-state index in [1.807, 2.05) is 6.08 Å². The number of carboxylic acids is 1. The molecule has 0 spiro atoms. The lowest BCUT2D eigenvalue weighted by molar-refractivity contribution is -0.386. The van der Waals surface area contributed by atoms with E-state index in [0.717, 1.165) is 51.9 Å². The summed E-state index contributed by atoms with van der Waals surface area (Å²) < 4.78 is 34.8. The van der Waals surface area contributed by atoms with Crippen molar-refractivity contribution < 1.29 is 104 Å². The monoisotopic (exact) mass is 1500 g/mol. The van der Waals surface area contributed by atoms with Crippen LogP contribution in [-0.2, 0) is 42.8 Å². The van der Waals surface area contributed by atoms with Crippen molar-refractivity contribution >= 4 is 17.8 Å². The molecular formula is C82H152N2O21. The van der Waals surface area contributed by atoms with Crippen molar-refractivity contribution in [3.8, 4) is 0 Å². The van der Waals surface area contributed by atoms with Crippen LogP contribution in [0.25, 0.3) is 0 Å². The number of rotatable bonds is 67. The number of nitrogens with one attached hydrogen (secondary N) is 2. The fourth-order valence-corrected chi connectivity index (χ4v) is 14.7. The lowest BCUT2D eigenvalue weighted by atomic mass is 9.88. The van der Waals surface area contributed by atoms with Crippen LogP contribution in [0.5, 0.6) is 0 Å². The number of amides is 2. The van der Waals surface area contributed by atoms with Crippen LogP contribution < -0.4 is 10.6 Å². The maximum atomic E-state index is 13.5. The highest BCUT2D eigenvalue weighted by Crippen LogP contribution is 2.39. The summed E-state index contributed by atoms with van der Waals surface area (Å²) in [6.07, 6.45) is 39.9. The number of unbranched alkanes of at least 4 members (excludes halogenated alkanes) is 45. The molecule has 0 bridgehead atoms. The molecule has 23 heteroatoms. The van der Waals surface area contributed by atoms with Crippen LogP contribution in [0.15, 0.2) is 24.3 Å². The summed E-state index contributed by atoms with van der Waals surface area (Å²) >= 11 is 0. The summed E-state index contributed by atoms with van der Waals surface area (Å²) in [5.41, 5.74) is 0. The Kier molecular flexibility index (Phi) is 55.9. The van der Waals surface area contributed by atoms with Crippen LogP contribution >= 0.6 is 0 Å². The summed E-state index contributed by atoms with van der Waals surface area (Å²) in [4.78, 5) is 38.6. The fourth-order valence-electron chi connectivity index (χ4n) is 14.7. The number of hydrogen-bond acceptors (Lipinski definition) is 20. The quantitative estimate of drug-likeness (QED) is 0.0199. The molecule has 18 atom stereocenters. The molecule has 2 amide bonds. The molecule has 23 nitrogen and oxygen atoms in total. The molecule has 0 saturated carbocycles. The molecule has 3 rings (SSSR count). The number of aliphatic hydroxyl groups is 11. The highest BCUT2D eigenvalue weighted by atomic mass is 16.8. The molecule has 3 saturated heterocycles. The first kappa shape index (κ1) is 96.4. The first-order valence-electron chi connectivity index (χ1n) is 42.2. The molecule has 0 aromatic rings. The van der Waals surface area contributed by atoms with Crippen molar-refractivity contribution in [1.82, 2.24) is 10.6 Å². The number of carboxylic acid groups (broad SMARTS) is 1. The number of hydrogen-bond donors (Lipinski definition) is 14. The molecule has 0 radical (unpaired) electrons. The van der Waals surface area contributed by atoms with Gasteiger partial charge in [-0.3, -0.25) is 9.59 Å². The Bertz CT molecular complexity index is 2180. The summed E-state index contributed by atoms with van der Waals surface area (Å²) in [5, 5.41) is 136. The topological polar surface area (TPSA) is 373 Å². The molecule has 105 heavy (non-hydrogen) atoms. The van der Waals surface area contributed by atoms with Gasteiger partial charge in [-0.05, 0) is 44.9 Å². The first-order chi connectivity index (χ1) is 50.9. The van der Waals surface area contributed by atoms with Crippen LogP contribution in [0.3, 0.4) is 0 Å². The largest absolute Gasteiger partial charge is 0.477 e. The van der Waals surface area contributed by atoms with Crippen LogP contribution in [-0.4, -0.2) is 215 Å². The predicted octanol–water partition coefficient (Wildman–Crippen LogP) is 11.9. The lowest BCUT2D eigenvalue weighted by Crippen LogP contribution is -2.70. The fraction of sp³-hybridized carbons (Fsp3) is 0.915. The molecule has 616 valence electrons. The van der Waals surface area contributed by atoms with Crippen molar-refractivity contribution in [2.45, 2.75) is 452 Å². The number of carbonyl (C=O) groups excluding carboxylic acids is 2. The van der Waals surface area contributed by atoms with E-state index >= 15 is 0 Å². The van der Waals surface area contributed by atoms with E-state index in [1.54, 1.807) is 6.08 Å². The Hall–Kier alpha value is -2.79. The van der Waals surface area contributed by atoms with Crippen molar-refractivity contribution in [3.63, 3.8) is 0 Å². The minimum Gasteiger partial charge on any atom is -0.477 e. The Balaban J connectivity index is 1.38. The van der Waals surface area contributed by atoms with E-state index in [0.29, 0.717) is 12.8 Å². The Morgan fingerprint density at radius 2 is 0.895 bits per heavy atom. The number of ether oxygens (including phenoxy) is 6. The van der Waals surface area contributed by atoms with Gasteiger partial charge in [-0.15, -0.1) is 0 Å². The Morgan fingerprint density at radius 1 is 0.495 bits per heavy atom. The molecular weight excluding hydrogens is 1350 g/mol. The molecule has 3 fully saturated rings. The first-order valence-corrected chi connectivity index (χ1v) is 42.2. The SMILES string of the molecule is CCCCCCCCCCCC/C=C/C(O)C(COC1OC(CO)C(OC2OC(CO)C(O)C(OC3(C(=O)O)CC(O)C(NC(C)=O)C(C(O)C(O)CO)O3)C2O)C(O)C1O)NC(=O)CCCCCCCCCCCCCCCCCCC/C=C\CCCCCCCCCCCCCCCCCCCC. The average Bonchev–Trinajstić information content (AvgIpc) is 0.755. The van der Waals surface area contributed by atoms with Gasteiger partial charge in [-0.1, -0.05) is 301 Å². The second-order valence-electron chi connectivity index (χ2n) is 30.7. The van der Waals surface area contributed by atoms with Crippen LogP contribution in [0.4, 0.5) is 0 Å². The Morgan fingerprint density at radius 3 is 1.30 bits per heavy atom. The number of aliphatic carboxylic acids is 1. The summed E-state index contributed by atoms with van der Waals surface area (Å²) in [6, 6.07) is -2.62. The maximum absolute atomic E-state index is 13.5. The van der Waals surface area contributed by atoms with Gasteiger partial charge in [0.05, 0.1) is 50.7 Å². The van der Waals surface area contributed by atoms with E-state index in [1.165, 1.54) is 250 Å². The Labute approximate surface area is 632 Å². The number of aliphatic hydroxyl groups excluding tert-OH is 11. The average molecular weight is 1500 g/mol. The zero-order chi connectivity index (χ0) is 76.7. The molecule has 18 unspecified atom stereocenters. The van der Waals surface area contributed by atoms with E-state index in [4.69, 9.17) is 28.4 Å². The zero-order valence-electron chi connectivity index (χ0n) is 65.3. The van der Waals surface area contributed by atoms with Gasteiger partial charge >= 0.3 is 5.97 Å². The second-order valence-corrected chi connectivity index (χ2v) is 30.7. The zero-order valence-corrected chi connectivity index (χ0v) is 65.3. The highest BCUT2D eigenvalue weighted by molar-refractivity contribution is 5.77. The van der Waals surface area contributed by atoms with Gasteiger partial charge in [-0.2, -0.15) is 0 Å². The molecule has 0 aromatic heterocycles. The molecule has 3 aliphatic rings. The van der Waals surface area contributed by atoms with Crippen LogP contribution in [0.2, 0.25) is 0 Å². The van der Waals surface area contributed by atoms with Gasteiger partial charge < -0.3 is 100 Å². The third-order valence-electron chi connectivity index (χ3n) is 21.4. The lowest BCUT2D eigenvalue weighted by Gasteiger charge is -2.50. The molecule has 3 heterocycles. The maximum Gasteiger partial charge on any atom is 0.364 e. The molecule has 3 aliphatic heterocycles. The standard InChI is InChI=1S/C82H152N2O21/c1-4-6-8-10-12-14-16-18-19-20-21-22-23-24-25-26-27-28-29-30-31-32-33-34-35-36-37-38-39-40-41-42-43-44-46-48-50-52-54-56-69(92)84-63(64(89)55-53-51-49-47-45-17-15-13-11-9-7-5-2)61-100-79-74(96)73(95)76(68(60-87)102-79)103-80-75(97)78(72(94)67(59-86)101-80)105-82(81(98)99)57-65(90)70(83-62(3)88)77(104-82)71(93)66(91)58-85/h30-31,53,55,63-68,70-80,85-87,89-91,93-97H,4-29,32-52,54,56-61H2,1-3H3,(H,83,88)(H,84,92)(H,98,99)/b31-30-,55-53+. The van der Waals surface area contributed by atoms with Crippen molar-refractivity contribution in [2.75, 3.05) is 26.4 Å². The van der Waals surface area contributed by atoms with Crippen LogP contribution in [0.1, 0.15) is 342 Å². The predicted molar refractivity (Wildman–Crippen MR) is 408 cm³/mol. The minimum atomic E-state index is -3.08. The molecule has 0 aliphatic carbocycles. The summed E-state index contributed by atoms with van der Waals surface area (Å²) in [7, 11) is 0. The van der Waals surface area contributed by atoms with Gasteiger partial charge in [0.1, 0.15) is 67.1 Å². The summed E-state index contributed by atoms with van der Waals surface area (Å²) in [5.74, 6) is -6.14. The highest BCUT2D eigenvalue weighted by Gasteiger charge is 2.60. The van der Waals surface area contributed by atoms with Gasteiger partial charge in [-0.25, -0.2) is 4.79 Å². The molecule has 14 N–H and O–H groups in total. The van der Waals surface area contributed by atoms with E-state index < -0.39 is 155 Å². The second kappa shape index (κ2) is 60.9. The van der Waals surface area contributed by atoms with E-state index in [-0.39, 0.29) is 12.3 Å². The van der Waals surface area contributed by atoms with Crippen molar-refractivity contribution in [3.05, 3.63) is 24.3 Å². The normalized spacial score (nSPS) is 26.3.